The van der Waals surface area contributed by atoms with Crippen LogP contribution >= 0.6 is 0 Å². The first kappa shape index (κ1) is 19.3. The van der Waals surface area contributed by atoms with Gasteiger partial charge in [0.15, 0.2) is 0 Å². The fraction of sp³-hybridized carbons (Fsp3) is 0.500. The molecule has 1 unspecified atom stereocenters. The van der Waals surface area contributed by atoms with Gasteiger partial charge in [0.1, 0.15) is 11.5 Å². The van der Waals surface area contributed by atoms with Gasteiger partial charge >= 0.3 is 6.18 Å². The van der Waals surface area contributed by atoms with Gasteiger partial charge < -0.3 is 4.90 Å². The SMILES string of the molecule is CC1=Nn2cc(C(=O)N3C[C@H]4CC(c5ccccc5C(F)(F)F)C[C@H]4C3)nc2CC1. The van der Waals surface area contributed by atoms with Gasteiger partial charge in [-0.25, -0.2) is 9.66 Å². The summed E-state index contributed by atoms with van der Waals surface area (Å²) in [4.78, 5) is 19.2. The van der Waals surface area contributed by atoms with E-state index >= 15 is 0 Å². The first-order valence-electron chi connectivity index (χ1n) is 10.4. The van der Waals surface area contributed by atoms with E-state index in [1.807, 2.05) is 11.8 Å². The van der Waals surface area contributed by atoms with Crippen LogP contribution in [0.15, 0.2) is 35.6 Å². The molecular formula is C22H23F3N4O. The summed E-state index contributed by atoms with van der Waals surface area (Å²) in [7, 11) is 0. The molecule has 5 rings (SSSR count). The second kappa shape index (κ2) is 6.96. The number of aromatic nitrogens is 2. The molecule has 8 heteroatoms. The number of rotatable bonds is 2. The van der Waals surface area contributed by atoms with E-state index in [0.717, 1.165) is 24.4 Å². The molecule has 158 valence electrons. The van der Waals surface area contributed by atoms with Crippen molar-refractivity contribution >= 4 is 11.6 Å². The van der Waals surface area contributed by atoms with Gasteiger partial charge in [-0.15, -0.1) is 0 Å². The summed E-state index contributed by atoms with van der Waals surface area (Å²) in [5, 5.41) is 4.41. The summed E-state index contributed by atoms with van der Waals surface area (Å²) < 4.78 is 41.9. The summed E-state index contributed by atoms with van der Waals surface area (Å²) in [6.07, 6.45) is 0.344. The zero-order valence-electron chi connectivity index (χ0n) is 16.7. The molecule has 5 nitrogen and oxygen atoms in total. The van der Waals surface area contributed by atoms with Gasteiger partial charge in [0.05, 0.1) is 11.8 Å². The molecule has 1 saturated heterocycles. The van der Waals surface area contributed by atoms with E-state index in [9.17, 15) is 18.0 Å². The van der Waals surface area contributed by atoms with E-state index < -0.39 is 11.7 Å². The molecule has 3 heterocycles. The lowest BCUT2D eigenvalue weighted by Crippen LogP contribution is -2.30. The van der Waals surface area contributed by atoms with Gasteiger partial charge in [-0.1, -0.05) is 18.2 Å². The van der Waals surface area contributed by atoms with Crippen molar-refractivity contribution < 1.29 is 18.0 Å². The Morgan fingerprint density at radius 1 is 1.10 bits per heavy atom. The first-order chi connectivity index (χ1) is 14.3. The number of hydrogen-bond acceptors (Lipinski definition) is 3. The molecule has 0 N–H and O–H groups in total. The zero-order chi connectivity index (χ0) is 21.0. The van der Waals surface area contributed by atoms with Crippen LogP contribution < -0.4 is 0 Å². The highest BCUT2D eigenvalue weighted by Gasteiger charge is 2.45. The zero-order valence-corrected chi connectivity index (χ0v) is 16.7. The number of alkyl halides is 3. The van der Waals surface area contributed by atoms with E-state index in [2.05, 4.69) is 10.1 Å². The molecular weight excluding hydrogens is 393 g/mol. The number of halogens is 3. The largest absolute Gasteiger partial charge is 0.416 e. The molecule has 2 aliphatic heterocycles. The summed E-state index contributed by atoms with van der Waals surface area (Å²) in [6.45, 7) is 3.12. The van der Waals surface area contributed by atoms with Crippen molar-refractivity contribution in [2.45, 2.75) is 44.7 Å². The quantitative estimate of drug-likeness (QED) is 0.731. The highest BCUT2D eigenvalue weighted by molar-refractivity contribution is 5.92. The third-order valence-corrected chi connectivity index (χ3v) is 6.71. The van der Waals surface area contributed by atoms with Crippen LogP contribution in [-0.2, 0) is 12.6 Å². The minimum atomic E-state index is -4.34. The topological polar surface area (TPSA) is 50.5 Å². The highest BCUT2D eigenvalue weighted by atomic mass is 19.4. The molecule has 2 aromatic rings. The van der Waals surface area contributed by atoms with Gasteiger partial charge in [-0.05, 0) is 55.6 Å². The third kappa shape index (κ3) is 3.32. The summed E-state index contributed by atoms with van der Waals surface area (Å²) >= 11 is 0. The standard InChI is InChI=1S/C22H23F3N4O/c1-13-6-7-20-26-19(12-29(20)27-13)21(30)28-10-15-8-14(9-16(15)11-28)17-4-2-3-5-18(17)22(23,24)25/h2-5,12,14-16H,6-11H2,1H3/t14?,15-,16+. The summed E-state index contributed by atoms with van der Waals surface area (Å²) in [5.41, 5.74) is 1.29. The lowest BCUT2D eigenvalue weighted by Gasteiger charge is -2.21. The van der Waals surface area contributed by atoms with E-state index in [-0.39, 0.29) is 23.7 Å². The van der Waals surface area contributed by atoms with Crippen LogP contribution in [0.3, 0.4) is 0 Å². The Labute approximate surface area is 172 Å². The van der Waals surface area contributed by atoms with Crippen LogP contribution in [-0.4, -0.2) is 39.3 Å². The molecule has 0 bridgehead atoms. The number of amides is 1. The van der Waals surface area contributed by atoms with Crippen LogP contribution in [0.4, 0.5) is 13.2 Å². The molecule has 1 aliphatic carbocycles. The fourth-order valence-electron chi connectivity index (χ4n) is 5.29. The normalized spacial score (nSPS) is 25.8. The number of nitrogens with zero attached hydrogens (tertiary/aromatic N) is 4. The molecule has 30 heavy (non-hydrogen) atoms. The second-order valence-electron chi connectivity index (χ2n) is 8.71. The Kier molecular flexibility index (Phi) is 4.48. The number of hydrogen-bond donors (Lipinski definition) is 0. The Hall–Kier alpha value is -2.64. The Bertz CT molecular complexity index is 1010. The van der Waals surface area contributed by atoms with Crippen molar-refractivity contribution in [3.8, 4) is 0 Å². The number of carbonyl (C=O) groups is 1. The maximum atomic E-state index is 13.4. The van der Waals surface area contributed by atoms with Gasteiger partial charge in [0.25, 0.3) is 5.91 Å². The molecule has 1 saturated carbocycles. The lowest BCUT2D eigenvalue weighted by atomic mass is 9.91. The molecule has 1 amide bonds. The number of benzene rings is 1. The average molecular weight is 416 g/mol. The predicted octanol–water partition coefficient (Wildman–Crippen LogP) is 4.34. The Balaban J connectivity index is 1.29. The van der Waals surface area contributed by atoms with Crippen LogP contribution in [0, 0.1) is 11.8 Å². The van der Waals surface area contributed by atoms with Crippen LogP contribution in [0.5, 0.6) is 0 Å². The Morgan fingerprint density at radius 2 is 1.80 bits per heavy atom. The summed E-state index contributed by atoms with van der Waals surface area (Å²) in [5.74, 6) is 1.06. The van der Waals surface area contributed by atoms with Crippen molar-refractivity contribution in [1.82, 2.24) is 14.6 Å². The number of imidazole rings is 1. The van der Waals surface area contributed by atoms with Crippen LogP contribution in [0.1, 0.15) is 59.5 Å². The second-order valence-corrected chi connectivity index (χ2v) is 8.71. The molecule has 0 radical (unpaired) electrons. The van der Waals surface area contributed by atoms with Gasteiger partial charge in [0.2, 0.25) is 0 Å². The number of carbonyl (C=O) groups excluding carboxylic acids is 1. The van der Waals surface area contributed by atoms with E-state index in [1.165, 1.54) is 12.1 Å². The molecule has 0 spiro atoms. The average Bonchev–Trinajstić information content (AvgIpc) is 3.39. The molecule has 1 aromatic carbocycles. The van der Waals surface area contributed by atoms with Gasteiger partial charge in [-0.3, -0.25) is 4.79 Å². The Morgan fingerprint density at radius 3 is 2.50 bits per heavy atom. The smallest absolute Gasteiger partial charge is 0.337 e. The molecule has 3 atom stereocenters. The number of fused-ring (bicyclic) bond motifs is 2. The monoisotopic (exact) mass is 416 g/mol. The van der Waals surface area contributed by atoms with Gasteiger partial charge in [0, 0.05) is 25.2 Å². The highest BCUT2D eigenvalue weighted by Crippen LogP contribution is 2.49. The van der Waals surface area contributed by atoms with Crippen molar-refractivity contribution in [2.75, 3.05) is 13.1 Å². The predicted molar refractivity (Wildman–Crippen MR) is 105 cm³/mol. The van der Waals surface area contributed by atoms with E-state index in [4.69, 9.17) is 0 Å². The number of likely N-dealkylation sites (tertiary alicyclic amines) is 1. The molecule has 2 fully saturated rings. The number of aryl methyl sites for hydroxylation is 1. The van der Waals surface area contributed by atoms with Gasteiger partial charge in [-0.2, -0.15) is 18.3 Å². The van der Waals surface area contributed by atoms with Crippen molar-refractivity contribution in [1.29, 1.82) is 0 Å². The first-order valence-corrected chi connectivity index (χ1v) is 10.4. The van der Waals surface area contributed by atoms with Crippen molar-refractivity contribution in [3.63, 3.8) is 0 Å². The maximum Gasteiger partial charge on any atom is 0.416 e. The molecule has 3 aliphatic rings. The fourth-order valence-corrected chi connectivity index (χ4v) is 5.29. The minimum absolute atomic E-state index is 0.104. The van der Waals surface area contributed by atoms with Crippen LogP contribution in [0.25, 0.3) is 0 Å². The van der Waals surface area contributed by atoms with Crippen molar-refractivity contribution in [3.05, 3.63) is 53.1 Å². The third-order valence-electron chi connectivity index (χ3n) is 6.71. The summed E-state index contributed by atoms with van der Waals surface area (Å²) in [6, 6.07) is 5.90. The van der Waals surface area contributed by atoms with Crippen molar-refractivity contribution in [2.24, 2.45) is 16.9 Å². The lowest BCUT2D eigenvalue weighted by molar-refractivity contribution is -0.138. The minimum Gasteiger partial charge on any atom is -0.337 e. The van der Waals surface area contributed by atoms with Crippen LogP contribution in [0.2, 0.25) is 0 Å². The van der Waals surface area contributed by atoms with E-state index in [1.54, 1.807) is 23.0 Å². The molecule has 1 aromatic heterocycles. The maximum absolute atomic E-state index is 13.4. The van der Waals surface area contributed by atoms with E-state index in [0.29, 0.717) is 37.2 Å².